The van der Waals surface area contributed by atoms with Crippen LogP contribution in [0.2, 0.25) is 0 Å². The van der Waals surface area contributed by atoms with E-state index in [-0.39, 0.29) is 6.04 Å². The molecule has 0 amide bonds. The van der Waals surface area contributed by atoms with Gasteiger partial charge >= 0.3 is 0 Å². The smallest absolute Gasteiger partial charge is 0.126 e. The summed E-state index contributed by atoms with van der Waals surface area (Å²) in [7, 11) is 0. The van der Waals surface area contributed by atoms with Gasteiger partial charge in [-0.05, 0) is 36.1 Å². The fourth-order valence-electron chi connectivity index (χ4n) is 2.06. The maximum Gasteiger partial charge on any atom is 0.126 e. The van der Waals surface area contributed by atoms with E-state index in [0.29, 0.717) is 0 Å². The average Bonchev–Trinajstić information content (AvgIpc) is 2.45. The van der Waals surface area contributed by atoms with Crippen LogP contribution in [-0.2, 0) is 6.54 Å². The van der Waals surface area contributed by atoms with Crippen LogP contribution >= 0.6 is 0 Å². The monoisotopic (exact) mass is 255 g/mol. The third-order valence-electron chi connectivity index (χ3n) is 3.31. The third kappa shape index (κ3) is 3.55. The molecule has 3 N–H and O–H groups in total. The van der Waals surface area contributed by atoms with Crippen molar-refractivity contribution in [3.8, 4) is 0 Å². The summed E-state index contributed by atoms with van der Waals surface area (Å²) in [4.78, 5) is 4.43. The molecule has 0 aliphatic rings. The van der Waals surface area contributed by atoms with Crippen molar-refractivity contribution >= 4 is 5.82 Å². The Hall–Kier alpha value is -1.87. The Morgan fingerprint density at radius 2 is 2.00 bits per heavy atom. The molecule has 0 aliphatic heterocycles. The second-order valence-electron chi connectivity index (χ2n) is 4.78. The molecule has 0 unspecified atom stereocenters. The largest absolute Gasteiger partial charge is 0.366 e. The van der Waals surface area contributed by atoms with Gasteiger partial charge in [-0.2, -0.15) is 0 Å². The van der Waals surface area contributed by atoms with Crippen molar-refractivity contribution in [1.29, 1.82) is 0 Å². The lowest BCUT2D eigenvalue weighted by Gasteiger charge is -2.14. The number of hydrogen-bond acceptors (Lipinski definition) is 3. The molecule has 0 saturated carbocycles. The summed E-state index contributed by atoms with van der Waals surface area (Å²) in [5.74, 6) is 0.897. The van der Waals surface area contributed by atoms with E-state index in [9.17, 15) is 0 Å². The molecule has 0 spiro atoms. The molecule has 0 bridgehead atoms. The highest BCUT2D eigenvalue weighted by molar-refractivity contribution is 5.42. The van der Waals surface area contributed by atoms with E-state index in [0.717, 1.165) is 24.3 Å². The van der Waals surface area contributed by atoms with E-state index < -0.39 is 0 Å². The van der Waals surface area contributed by atoms with Crippen LogP contribution in [-0.4, -0.2) is 4.98 Å². The maximum absolute atomic E-state index is 6.05. The van der Waals surface area contributed by atoms with Crippen LogP contribution in [0, 0.1) is 6.92 Å². The number of aryl methyl sites for hydroxylation is 1. The quantitative estimate of drug-likeness (QED) is 0.860. The summed E-state index contributed by atoms with van der Waals surface area (Å²) in [5.41, 5.74) is 9.62. The van der Waals surface area contributed by atoms with Gasteiger partial charge in [0.05, 0.1) is 0 Å². The average molecular weight is 255 g/mol. The van der Waals surface area contributed by atoms with Gasteiger partial charge < -0.3 is 11.1 Å². The van der Waals surface area contributed by atoms with Crippen LogP contribution in [0.15, 0.2) is 42.6 Å². The van der Waals surface area contributed by atoms with Gasteiger partial charge in [-0.1, -0.05) is 37.3 Å². The first-order valence-corrected chi connectivity index (χ1v) is 6.70. The van der Waals surface area contributed by atoms with E-state index in [1.807, 2.05) is 24.4 Å². The SMILES string of the molecule is CC[C@@H](N)c1cnc(NCc2ccccc2)cc1C. The number of nitrogens with zero attached hydrogens (tertiary/aromatic N) is 1. The van der Waals surface area contributed by atoms with Gasteiger partial charge in [0.1, 0.15) is 5.82 Å². The lowest BCUT2D eigenvalue weighted by Crippen LogP contribution is -2.11. The molecule has 2 aromatic rings. The standard InChI is InChI=1S/C16H21N3/c1-3-15(17)14-11-19-16(9-12(14)2)18-10-13-7-5-4-6-8-13/h4-9,11,15H,3,10,17H2,1-2H3,(H,18,19)/t15-/m1/s1. The van der Waals surface area contributed by atoms with Gasteiger partial charge in [-0.25, -0.2) is 4.98 Å². The molecular formula is C16H21N3. The summed E-state index contributed by atoms with van der Waals surface area (Å²) in [5, 5.41) is 3.33. The predicted octanol–water partition coefficient (Wildman–Crippen LogP) is 3.41. The first-order chi connectivity index (χ1) is 9.20. The molecule has 0 radical (unpaired) electrons. The zero-order chi connectivity index (χ0) is 13.7. The molecule has 1 aromatic carbocycles. The van der Waals surface area contributed by atoms with Crippen molar-refractivity contribution in [2.75, 3.05) is 5.32 Å². The minimum atomic E-state index is 0.0793. The predicted molar refractivity (Wildman–Crippen MR) is 80.0 cm³/mol. The Morgan fingerprint density at radius 3 is 2.63 bits per heavy atom. The van der Waals surface area contributed by atoms with Crippen LogP contribution in [0.4, 0.5) is 5.82 Å². The Kier molecular flexibility index (Phi) is 4.53. The number of benzene rings is 1. The lowest BCUT2D eigenvalue weighted by molar-refractivity contribution is 0.690. The summed E-state index contributed by atoms with van der Waals surface area (Å²) in [6.45, 7) is 4.96. The Labute approximate surface area is 114 Å². The summed E-state index contributed by atoms with van der Waals surface area (Å²) in [6, 6.07) is 12.4. The van der Waals surface area contributed by atoms with E-state index in [2.05, 4.69) is 42.3 Å². The van der Waals surface area contributed by atoms with E-state index >= 15 is 0 Å². The van der Waals surface area contributed by atoms with Gasteiger partial charge in [-0.3, -0.25) is 0 Å². The molecule has 1 heterocycles. The number of pyridine rings is 1. The van der Waals surface area contributed by atoms with Crippen LogP contribution in [0.3, 0.4) is 0 Å². The Morgan fingerprint density at radius 1 is 1.26 bits per heavy atom. The van der Waals surface area contributed by atoms with Crippen molar-refractivity contribution < 1.29 is 0 Å². The Balaban J connectivity index is 2.04. The molecule has 3 heteroatoms. The van der Waals surface area contributed by atoms with E-state index in [1.165, 1.54) is 11.1 Å². The number of hydrogen-bond donors (Lipinski definition) is 2. The number of nitrogens with two attached hydrogens (primary N) is 1. The molecular weight excluding hydrogens is 234 g/mol. The fraction of sp³-hybridized carbons (Fsp3) is 0.312. The summed E-state index contributed by atoms with van der Waals surface area (Å²) in [6.07, 6.45) is 2.82. The minimum absolute atomic E-state index is 0.0793. The molecule has 0 saturated heterocycles. The molecule has 0 fully saturated rings. The zero-order valence-corrected chi connectivity index (χ0v) is 11.6. The molecule has 1 atom stereocenters. The molecule has 19 heavy (non-hydrogen) atoms. The minimum Gasteiger partial charge on any atom is -0.366 e. The normalized spacial score (nSPS) is 12.2. The first-order valence-electron chi connectivity index (χ1n) is 6.70. The van der Waals surface area contributed by atoms with Crippen LogP contribution in [0.1, 0.15) is 36.1 Å². The third-order valence-corrected chi connectivity index (χ3v) is 3.31. The van der Waals surface area contributed by atoms with Crippen molar-refractivity contribution in [2.24, 2.45) is 5.73 Å². The van der Waals surface area contributed by atoms with Crippen molar-refractivity contribution in [3.63, 3.8) is 0 Å². The number of nitrogens with one attached hydrogen (secondary N) is 1. The topological polar surface area (TPSA) is 50.9 Å². The fourth-order valence-corrected chi connectivity index (χ4v) is 2.06. The molecule has 2 rings (SSSR count). The van der Waals surface area contributed by atoms with Gasteiger partial charge in [0.2, 0.25) is 0 Å². The summed E-state index contributed by atoms with van der Waals surface area (Å²) >= 11 is 0. The second-order valence-corrected chi connectivity index (χ2v) is 4.78. The van der Waals surface area contributed by atoms with Crippen molar-refractivity contribution in [2.45, 2.75) is 32.9 Å². The summed E-state index contributed by atoms with van der Waals surface area (Å²) < 4.78 is 0. The van der Waals surface area contributed by atoms with Gasteiger partial charge in [0, 0.05) is 18.8 Å². The maximum atomic E-state index is 6.05. The second kappa shape index (κ2) is 6.34. The lowest BCUT2D eigenvalue weighted by atomic mass is 10.0. The molecule has 0 aliphatic carbocycles. The molecule has 100 valence electrons. The van der Waals surface area contributed by atoms with Crippen LogP contribution in [0.5, 0.6) is 0 Å². The molecule has 1 aromatic heterocycles. The van der Waals surface area contributed by atoms with Crippen molar-refractivity contribution in [3.05, 3.63) is 59.3 Å². The number of anilines is 1. The van der Waals surface area contributed by atoms with Crippen LogP contribution < -0.4 is 11.1 Å². The van der Waals surface area contributed by atoms with Gasteiger partial charge in [0.15, 0.2) is 0 Å². The van der Waals surface area contributed by atoms with Gasteiger partial charge in [-0.15, -0.1) is 0 Å². The van der Waals surface area contributed by atoms with Gasteiger partial charge in [0.25, 0.3) is 0 Å². The highest BCUT2D eigenvalue weighted by Crippen LogP contribution is 2.19. The highest BCUT2D eigenvalue weighted by atomic mass is 15.0. The highest BCUT2D eigenvalue weighted by Gasteiger charge is 2.08. The number of aromatic nitrogens is 1. The van der Waals surface area contributed by atoms with Crippen LogP contribution in [0.25, 0.3) is 0 Å². The first kappa shape index (κ1) is 13.6. The van der Waals surface area contributed by atoms with E-state index in [1.54, 1.807) is 0 Å². The molecule has 3 nitrogen and oxygen atoms in total. The van der Waals surface area contributed by atoms with Crippen molar-refractivity contribution in [1.82, 2.24) is 4.98 Å². The number of rotatable bonds is 5. The Bertz CT molecular complexity index is 523. The van der Waals surface area contributed by atoms with E-state index in [4.69, 9.17) is 5.73 Å². The zero-order valence-electron chi connectivity index (χ0n) is 11.6.